The monoisotopic (exact) mass is 794 g/mol. The number of fused-ring (bicyclic) bond motifs is 3. The van der Waals surface area contributed by atoms with Gasteiger partial charge in [0.05, 0.1) is 11.6 Å². The highest BCUT2D eigenvalue weighted by Crippen LogP contribution is 2.41. The lowest BCUT2D eigenvalue weighted by Gasteiger charge is -2.16. The van der Waals surface area contributed by atoms with Gasteiger partial charge in [-0.2, -0.15) is 5.26 Å². The summed E-state index contributed by atoms with van der Waals surface area (Å²) >= 11 is 0. The van der Waals surface area contributed by atoms with E-state index in [2.05, 4.69) is 198 Å². The molecule has 4 nitrogen and oxygen atoms in total. The molecule has 10 aromatic rings. The molecule has 0 aliphatic heterocycles. The van der Waals surface area contributed by atoms with Crippen LogP contribution in [0.3, 0.4) is 0 Å². The molecule has 1 heterocycles. The van der Waals surface area contributed by atoms with Crippen LogP contribution in [0.4, 0.5) is 0 Å². The Bertz CT molecular complexity index is 3320. The fourth-order valence-electron chi connectivity index (χ4n) is 8.98. The first-order chi connectivity index (χ1) is 30.3. The maximum absolute atomic E-state index is 10.6. The van der Waals surface area contributed by atoms with Crippen LogP contribution in [0.2, 0.25) is 0 Å². The molecule has 0 spiro atoms. The predicted molar refractivity (Wildman–Crippen MR) is 257 cm³/mol. The summed E-state index contributed by atoms with van der Waals surface area (Å²) in [4.78, 5) is 15.1. The predicted octanol–water partition coefficient (Wildman–Crippen LogP) is 15.0. The summed E-state index contributed by atoms with van der Waals surface area (Å²) in [5, 5.41) is 15.6. The lowest BCUT2D eigenvalue weighted by Crippen LogP contribution is -2.01. The molecular weight excluding hydrogens is 753 g/mol. The van der Waals surface area contributed by atoms with Crippen molar-refractivity contribution in [1.29, 1.82) is 5.26 Å². The number of rotatable bonds is 7. The number of hydrogen-bond acceptors (Lipinski definition) is 4. The number of hydrogen-bond donors (Lipinski definition) is 0. The summed E-state index contributed by atoms with van der Waals surface area (Å²) in [5.41, 5.74) is 16.4. The van der Waals surface area contributed by atoms with Gasteiger partial charge in [0.15, 0.2) is 17.5 Å². The SMILES string of the molecule is Cc1cc(C)cc(-c2nc(-c3cc(C)cc(C)c3)nc(-c3cccc(-c4ccc(-c5cccc(-c6ccccc6-c6cc7ccccc7c7ccccc67)c5)c(C#N)c4)c3)n2)c1. The van der Waals surface area contributed by atoms with Gasteiger partial charge in [-0.1, -0.05) is 156 Å². The maximum atomic E-state index is 10.6. The zero-order valence-corrected chi connectivity index (χ0v) is 35.1. The summed E-state index contributed by atoms with van der Waals surface area (Å²) in [7, 11) is 0. The summed E-state index contributed by atoms with van der Waals surface area (Å²) < 4.78 is 0. The zero-order chi connectivity index (χ0) is 42.3. The lowest BCUT2D eigenvalue weighted by atomic mass is 9.88. The molecule has 9 aromatic carbocycles. The van der Waals surface area contributed by atoms with Crippen LogP contribution in [-0.4, -0.2) is 15.0 Å². The van der Waals surface area contributed by atoms with Crippen LogP contribution in [0.15, 0.2) is 182 Å². The van der Waals surface area contributed by atoms with Crippen LogP contribution < -0.4 is 0 Å². The molecular formula is C58H42N4. The highest BCUT2D eigenvalue weighted by Gasteiger charge is 2.17. The van der Waals surface area contributed by atoms with Gasteiger partial charge in [-0.15, -0.1) is 0 Å². The van der Waals surface area contributed by atoms with E-state index in [1.54, 1.807) is 0 Å². The van der Waals surface area contributed by atoms with Crippen LogP contribution in [0, 0.1) is 39.0 Å². The Morgan fingerprint density at radius 3 is 1.45 bits per heavy atom. The minimum atomic E-state index is 0.594. The molecule has 0 amide bonds. The van der Waals surface area contributed by atoms with E-state index in [1.807, 2.05) is 18.2 Å². The van der Waals surface area contributed by atoms with Crippen molar-refractivity contribution in [3.05, 3.63) is 210 Å². The van der Waals surface area contributed by atoms with Gasteiger partial charge >= 0.3 is 0 Å². The molecule has 0 aliphatic rings. The second-order valence-electron chi connectivity index (χ2n) is 16.3. The Morgan fingerprint density at radius 1 is 0.323 bits per heavy atom. The molecule has 0 bridgehead atoms. The third-order valence-electron chi connectivity index (χ3n) is 11.7. The minimum Gasteiger partial charge on any atom is -0.208 e. The normalized spacial score (nSPS) is 11.2. The van der Waals surface area contributed by atoms with Gasteiger partial charge in [0, 0.05) is 16.7 Å². The topological polar surface area (TPSA) is 62.5 Å². The molecule has 0 radical (unpaired) electrons. The van der Waals surface area contributed by atoms with Crippen molar-refractivity contribution in [1.82, 2.24) is 15.0 Å². The van der Waals surface area contributed by atoms with E-state index in [1.165, 1.54) is 32.7 Å². The van der Waals surface area contributed by atoms with E-state index in [4.69, 9.17) is 15.0 Å². The summed E-state index contributed by atoms with van der Waals surface area (Å²) in [5.74, 6) is 1.86. The number of aryl methyl sites for hydroxylation is 4. The van der Waals surface area contributed by atoms with Crippen molar-refractivity contribution < 1.29 is 0 Å². The smallest absolute Gasteiger partial charge is 0.164 e. The minimum absolute atomic E-state index is 0.594. The van der Waals surface area contributed by atoms with E-state index in [9.17, 15) is 5.26 Å². The van der Waals surface area contributed by atoms with E-state index in [0.29, 0.717) is 23.0 Å². The van der Waals surface area contributed by atoms with Crippen LogP contribution in [0.25, 0.3) is 100 Å². The molecule has 0 atom stereocenters. The Kier molecular flexibility index (Phi) is 9.79. The fourth-order valence-corrected chi connectivity index (χ4v) is 8.98. The Balaban J connectivity index is 1.03. The van der Waals surface area contributed by atoms with Gasteiger partial charge in [0.1, 0.15) is 0 Å². The first-order valence-corrected chi connectivity index (χ1v) is 21.0. The number of aromatic nitrogens is 3. The van der Waals surface area contributed by atoms with Crippen molar-refractivity contribution in [2.24, 2.45) is 0 Å². The Hall–Kier alpha value is -8.00. The lowest BCUT2D eigenvalue weighted by molar-refractivity contribution is 1.07. The Labute approximate surface area is 362 Å². The van der Waals surface area contributed by atoms with E-state index in [-0.39, 0.29) is 0 Å². The van der Waals surface area contributed by atoms with Crippen molar-refractivity contribution in [2.45, 2.75) is 27.7 Å². The molecule has 10 rings (SSSR count). The highest BCUT2D eigenvalue weighted by molar-refractivity contribution is 6.14. The van der Waals surface area contributed by atoms with Crippen LogP contribution in [-0.2, 0) is 0 Å². The van der Waals surface area contributed by atoms with Crippen LogP contribution in [0.5, 0.6) is 0 Å². The van der Waals surface area contributed by atoms with Crippen LogP contribution >= 0.6 is 0 Å². The van der Waals surface area contributed by atoms with Gasteiger partial charge in [-0.3, -0.25) is 0 Å². The summed E-state index contributed by atoms with van der Waals surface area (Å²) in [6.45, 7) is 8.38. The van der Waals surface area contributed by atoms with Crippen molar-refractivity contribution in [3.8, 4) is 84.7 Å². The molecule has 0 fully saturated rings. The van der Waals surface area contributed by atoms with Crippen molar-refractivity contribution in [3.63, 3.8) is 0 Å². The standard InChI is InChI=1S/C58H42N4/c1-36-25-37(2)28-46(27-36)57-60-56(61-58(62-57)47-29-38(3)26-39(4)30-47)45-17-11-14-40(31-45)41-23-24-49(48(32-41)35-59)42-15-12-16-43(33-42)50-19-7-8-21-53(50)55-34-44-13-5-6-18-51(44)52-20-9-10-22-54(52)55/h5-34H,1-4H3. The zero-order valence-electron chi connectivity index (χ0n) is 35.1. The number of benzene rings is 9. The first kappa shape index (κ1) is 38.2. The highest BCUT2D eigenvalue weighted by atomic mass is 15.0. The van der Waals surface area contributed by atoms with Crippen LogP contribution in [0.1, 0.15) is 27.8 Å². The molecule has 62 heavy (non-hydrogen) atoms. The second kappa shape index (κ2) is 15.9. The van der Waals surface area contributed by atoms with Gasteiger partial charge in [-0.05, 0) is 142 Å². The average Bonchev–Trinajstić information content (AvgIpc) is 3.30. The van der Waals surface area contributed by atoms with Gasteiger partial charge in [0.25, 0.3) is 0 Å². The molecule has 0 aliphatic carbocycles. The van der Waals surface area contributed by atoms with Gasteiger partial charge in [0.2, 0.25) is 0 Å². The molecule has 4 heteroatoms. The summed E-state index contributed by atoms with van der Waals surface area (Å²) in [6, 6.07) is 66.5. The van der Waals surface area contributed by atoms with E-state index < -0.39 is 0 Å². The fraction of sp³-hybridized carbons (Fsp3) is 0.0690. The average molecular weight is 795 g/mol. The van der Waals surface area contributed by atoms with E-state index >= 15 is 0 Å². The summed E-state index contributed by atoms with van der Waals surface area (Å²) in [6.07, 6.45) is 0. The molecule has 0 saturated carbocycles. The quantitative estimate of drug-likeness (QED) is 0.151. The van der Waals surface area contributed by atoms with Crippen molar-refractivity contribution in [2.75, 3.05) is 0 Å². The second-order valence-corrected chi connectivity index (χ2v) is 16.3. The third-order valence-corrected chi connectivity index (χ3v) is 11.7. The molecule has 0 saturated heterocycles. The number of nitriles is 1. The first-order valence-electron chi connectivity index (χ1n) is 21.0. The molecule has 0 unspecified atom stereocenters. The molecule has 0 N–H and O–H groups in total. The van der Waals surface area contributed by atoms with Gasteiger partial charge < -0.3 is 0 Å². The third kappa shape index (κ3) is 7.31. The molecule has 294 valence electrons. The number of nitrogens with zero attached hydrogens (tertiary/aromatic N) is 4. The maximum Gasteiger partial charge on any atom is 0.164 e. The Morgan fingerprint density at radius 2 is 0.806 bits per heavy atom. The van der Waals surface area contributed by atoms with E-state index in [0.717, 1.165) is 72.3 Å². The largest absolute Gasteiger partial charge is 0.208 e. The molecule has 1 aromatic heterocycles. The van der Waals surface area contributed by atoms with Crippen molar-refractivity contribution >= 4 is 21.5 Å². The van der Waals surface area contributed by atoms with Gasteiger partial charge in [-0.25, -0.2) is 15.0 Å².